The van der Waals surface area contributed by atoms with Crippen molar-refractivity contribution in [1.29, 1.82) is 0 Å². The minimum absolute atomic E-state index is 0.186. The van der Waals surface area contributed by atoms with Gasteiger partial charge in [-0.25, -0.2) is 0 Å². The van der Waals surface area contributed by atoms with Crippen LogP contribution in [0.5, 0.6) is 0 Å². The fourth-order valence-corrected chi connectivity index (χ4v) is 1.76. The van der Waals surface area contributed by atoms with E-state index < -0.39 is 0 Å². The summed E-state index contributed by atoms with van der Waals surface area (Å²) in [7, 11) is 0. The lowest BCUT2D eigenvalue weighted by atomic mass is 10.0. The van der Waals surface area contributed by atoms with Crippen molar-refractivity contribution in [3.8, 4) is 0 Å². The van der Waals surface area contributed by atoms with Gasteiger partial charge in [-0.2, -0.15) is 0 Å². The van der Waals surface area contributed by atoms with Gasteiger partial charge in [0.1, 0.15) is 0 Å². The van der Waals surface area contributed by atoms with Gasteiger partial charge in [-0.05, 0) is 38.2 Å². The molecule has 15 heavy (non-hydrogen) atoms. The molecule has 0 unspecified atom stereocenters. The lowest BCUT2D eigenvalue weighted by Gasteiger charge is -2.08. The first kappa shape index (κ1) is 10.4. The molecular formula is C14H19N. The van der Waals surface area contributed by atoms with Gasteiger partial charge in [0.25, 0.3) is 0 Å². The smallest absolute Gasteiger partial charge is 0.0158 e. The predicted molar refractivity (Wildman–Crippen MR) is 65.5 cm³/mol. The van der Waals surface area contributed by atoms with E-state index in [-0.39, 0.29) is 5.54 Å². The molecule has 1 saturated carbocycles. The van der Waals surface area contributed by atoms with Crippen molar-refractivity contribution in [2.75, 3.05) is 0 Å². The summed E-state index contributed by atoms with van der Waals surface area (Å²) in [6.45, 7) is 2.19. The molecule has 0 aromatic heterocycles. The van der Waals surface area contributed by atoms with Gasteiger partial charge < -0.3 is 5.73 Å². The first-order valence-corrected chi connectivity index (χ1v) is 5.69. The Kier molecular flexibility index (Phi) is 2.92. The second-order valence-electron chi connectivity index (χ2n) is 4.76. The molecule has 1 fully saturated rings. The zero-order valence-electron chi connectivity index (χ0n) is 9.37. The second-order valence-corrected chi connectivity index (χ2v) is 4.76. The molecule has 1 aromatic rings. The Balaban J connectivity index is 1.90. The minimum Gasteiger partial charge on any atom is -0.325 e. The Labute approximate surface area is 92.0 Å². The molecule has 80 valence electrons. The molecule has 0 aliphatic heterocycles. The third-order valence-corrected chi connectivity index (χ3v) is 3.12. The van der Waals surface area contributed by atoms with Gasteiger partial charge in [0.05, 0.1) is 0 Å². The van der Waals surface area contributed by atoms with Crippen LogP contribution in [0.1, 0.15) is 38.2 Å². The van der Waals surface area contributed by atoms with Crippen LogP contribution in [0, 0.1) is 0 Å². The molecule has 1 aliphatic rings. The third-order valence-electron chi connectivity index (χ3n) is 3.12. The molecule has 0 saturated heterocycles. The van der Waals surface area contributed by atoms with Crippen LogP contribution in [0.15, 0.2) is 35.9 Å². The maximum absolute atomic E-state index is 6.06. The zero-order valence-corrected chi connectivity index (χ0v) is 9.37. The second kappa shape index (κ2) is 4.19. The predicted octanol–water partition coefficient (Wildman–Crippen LogP) is 3.36. The van der Waals surface area contributed by atoms with Crippen LogP contribution in [0.4, 0.5) is 0 Å². The molecule has 0 amide bonds. The molecule has 2 N–H and O–H groups in total. The van der Waals surface area contributed by atoms with E-state index in [2.05, 4.69) is 37.3 Å². The monoisotopic (exact) mass is 201 g/mol. The van der Waals surface area contributed by atoms with Gasteiger partial charge in [0, 0.05) is 5.54 Å². The molecule has 1 heteroatoms. The topological polar surface area (TPSA) is 26.0 Å². The van der Waals surface area contributed by atoms with Crippen LogP contribution in [0.3, 0.4) is 0 Å². The van der Waals surface area contributed by atoms with Crippen molar-refractivity contribution in [1.82, 2.24) is 0 Å². The lowest BCUT2D eigenvalue weighted by Crippen LogP contribution is -2.21. The summed E-state index contributed by atoms with van der Waals surface area (Å²) in [6.07, 6.45) is 6.95. The summed E-state index contributed by atoms with van der Waals surface area (Å²) in [5, 5.41) is 0. The Morgan fingerprint density at radius 2 is 2.00 bits per heavy atom. The van der Waals surface area contributed by atoms with Crippen LogP contribution in [0.25, 0.3) is 6.08 Å². The Morgan fingerprint density at radius 1 is 1.33 bits per heavy atom. The van der Waals surface area contributed by atoms with Gasteiger partial charge in [0.15, 0.2) is 0 Å². The number of rotatable bonds is 4. The van der Waals surface area contributed by atoms with Crippen molar-refractivity contribution in [3.63, 3.8) is 0 Å². The van der Waals surface area contributed by atoms with Crippen LogP contribution in [0.2, 0.25) is 0 Å². The molecule has 0 radical (unpaired) electrons. The third kappa shape index (κ3) is 3.21. The van der Waals surface area contributed by atoms with E-state index in [1.807, 2.05) is 6.07 Å². The maximum Gasteiger partial charge on any atom is 0.0158 e. The van der Waals surface area contributed by atoms with E-state index in [0.717, 1.165) is 12.8 Å². The van der Waals surface area contributed by atoms with Gasteiger partial charge in [-0.15, -0.1) is 0 Å². The Hall–Kier alpha value is -1.08. The van der Waals surface area contributed by atoms with E-state index >= 15 is 0 Å². The molecule has 2 rings (SSSR count). The normalized spacial score (nSPS) is 18.9. The average Bonchev–Trinajstić information content (AvgIpc) is 2.96. The first-order valence-electron chi connectivity index (χ1n) is 5.69. The number of allylic oxidation sites excluding steroid dienone is 1. The molecule has 0 bridgehead atoms. The summed E-state index contributed by atoms with van der Waals surface area (Å²) in [5.74, 6) is 0. The summed E-state index contributed by atoms with van der Waals surface area (Å²) < 4.78 is 0. The van der Waals surface area contributed by atoms with Crippen LogP contribution < -0.4 is 5.73 Å². The summed E-state index contributed by atoms with van der Waals surface area (Å²) in [5.41, 5.74) is 8.96. The largest absolute Gasteiger partial charge is 0.325 e. The van der Waals surface area contributed by atoms with E-state index in [0.29, 0.717) is 0 Å². The van der Waals surface area contributed by atoms with Crippen molar-refractivity contribution in [2.24, 2.45) is 5.73 Å². The zero-order chi connectivity index (χ0) is 10.7. The SMILES string of the molecule is C/C(=C\c1ccccc1)CCC1(N)CC1. The van der Waals surface area contributed by atoms with E-state index in [4.69, 9.17) is 5.73 Å². The van der Waals surface area contributed by atoms with Gasteiger partial charge in [-0.1, -0.05) is 42.0 Å². The molecular weight excluding hydrogens is 182 g/mol. The standard InChI is InChI=1S/C14H19N/c1-12(7-8-14(15)9-10-14)11-13-5-3-2-4-6-13/h2-6,11H,7-10,15H2,1H3/b12-11+. The maximum atomic E-state index is 6.06. The molecule has 0 heterocycles. The van der Waals surface area contributed by atoms with Gasteiger partial charge in [0.2, 0.25) is 0 Å². The number of nitrogens with two attached hydrogens (primary N) is 1. The minimum atomic E-state index is 0.186. The van der Waals surface area contributed by atoms with Gasteiger partial charge in [-0.3, -0.25) is 0 Å². The average molecular weight is 201 g/mol. The molecule has 1 nitrogen and oxygen atoms in total. The van der Waals surface area contributed by atoms with Crippen LogP contribution in [-0.2, 0) is 0 Å². The Morgan fingerprint density at radius 3 is 2.60 bits per heavy atom. The van der Waals surface area contributed by atoms with Crippen molar-refractivity contribution >= 4 is 6.08 Å². The summed E-state index contributed by atoms with van der Waals surface area (Å²) in [6, 6.07) is 10.5. The number of benzene rings is 1. The highest BCUT2D eigenvalue weighted by atomic mass is 14.8. The number of hydrogen-bond donors (Lipinski definition) is 1. The van der Waals surface area contributed by atoms with Crippen LogP contribution in [-0.4, -0.2) is 5.54 Å². The highest BCUT2D eigenvalue weighted by Crippen LogP contribution is 2.37. The Bertz CT molecular complexity index is 347. The summed E-state index contributed by atoms with van der Waals surface area (Å²) in [4.78, 5) is 0. The van der Waals surface area contributed by atoms with Gasteiger partial charge >= 0.3 is 0 Å². The fourth-order valence-electron chi connectivity index (χ4n) is 1.76. The van der Waals surface area contributed by atoms with E-state index in [1.54, 1.807) is 0 Å². The first-order chi connectivity index (χ1) is 7.18. The highest BCUT2D eigenvalue weighted by Gasteiger charge is 2.37. The number of hydrogen-bond acceptors (Lipinski definition) is 1. The lowest BCUT2D eigenvalue weighted by molar-refractivity contribution is 0.608. The molecule has 0 atom stereocenters. The highest BCUT2D eigenvalue weighted by molar-refractivity contribution is 5.51. The van der Waals surface area contributed by atoms with Crippen LogP contribution >= 0.6 is 0 Å². The quantitative estimate of drug-likeness (QED) is 0.794. The summed E-state index contributed by atoms with van der Waals surface area (Å²) >= 11 is 0. The molecule has 1 aromatic carbocycles. The fraction of sp³-hybridized carbons (Fsp3) is 0.429. The molecule has 1 aliphatic carbocycles. The van der Waals surface area contributed by atoms with Crippen molar-refractivity contribution in [2.45, 2.75) is 38.1 Å². The van der Waals surface area contributed by atoms with E-state index in [1.165, 1.54) is 24.0 Å². The van der Waals surface area contributed by atoms with E-state index in [9.17, 15) is 0 Å². The van der Waals surface area contributed by atoms with Crippen molar-refractivity contribution in [3.05, 3.63) is 41.5 Å². The molecule has 0 spiro atoms. The van der Waals surface area contributed by atoms with Crippen molar-refractivity contribution < 1.29 is 0 Å².